The van der Waals surface area contributed by atoms with Gasteiger partial charge in [0.05, 0.1) is 0 Å². The Balaban J connectivity index is 4.02. The van der Waals surface area contributed by atoms with Crippen LogP contribution in [0.15, 0.2) is 12.2 Å². The molecule has 22 heavy (non-hydrogen) atoms. The number of rotatable bonds is 14. The molecule has 0 N–H and O–H groups in total. The van der Waals surface area contributed by atoms with Crippen molar-refractivity contribution < 1.29 is 14.3 Å². The summed E-state index contributed by atoms with van der Waals surface area (Å²) in [6.07, 6.45) is 14.8. The summed E-state index contributed by atoms with van der Waals surface area (Å²) in [6.45, 7) is 5.76. The molecule has 0 spiro atoms. The predicted molar refractivity (Wildman–Crippen MR) is 91.8 cm³/mol. The number of allylic oxidation sites excluding steroid dienone is 2. The number of unbranched alkanes of at least 4 members (excludes halogenated alkanes) is 7. The molecule has 0 aromatic carbocycles. The molecule has 1 atom stereocenters. The third kappa shape index (κ3) is 13.8. The molecule has 0 heterocycles. The van der Waals surface area contributed by atoms with Crippen LogP contribution in [0.5, 0.6) is 0 Å². The monoisotopic (exact) mass is 310 g/mol. The minimum absolute atomic E-state index is 0.0669. The Morgan fingerprint density at radius 3 is 2.18 bits per heavy atom. The van der Waals surface area contributed by atoms with Crippen LogP contribution in [-0.4, -0.2) is 17.9 Å². The summed E-state index contributed by atoms with van der Waals surface area (Å²) in [5, 5.41) is 0. The van der Waals surface area contributed by atoms with Gasteiger partial charge in [-0.15, -0.1) is 0 Å². The first-order valence-corrected chi connectivity index (χ1v) is 8.96. The Kier molecular flexibility index (Phi) is 14.0. The molecule has 0 fully saturated rings. The number of esters is 1. The second-order valence-electron chi connectivity index (χ2n) is 6.00. The predicted octanol–water partition coefficient (Wildman–Crippen LogP) is 5.37. The Morgan fingerprint density at radius 2 is 1.59 bits per heavy atom. The minimum Gasteiger partial charge on any atom is -0.462 e. The molecular weight excluding hydrogens is 276 g/mol. The van der Waals surface area contributed by atoms with Gasteiger partial charge in [0.2, 0.25) is 0 Å². The molecule has 0 aliphatic carbocycles. The van der Waals surface area contributed by atoms with Crippen molar-refractivity contribution in [2.45, 2.75) is 97.5 Å². The highest BCUT2D eigenvalue weighted by atomic mass is 16.5. The number of ether oxygens (including phenoxy) is 1. The third-order valence-corrected chi connectivity index (χ3v) is 3.67. The van der Waals surface area contributed by atoms with E-state index in [1.807, 2.05) is 6.08 Å². The Bertz CT molecular complexity index is 321. The van der Waals surface area contributed by atoms with Gasteiger partial charge >= 0.3 is 5.97 Å². The number of carbonyl (C=O) groups is 2. The lowest BCUT2D eigenvalue weighted by Crippen LogP contribution is -2.19. The highest BCUT2D eigenvalue weighted by Crippen LogP contribution is 2.13. The van der Waals surface area contributed by atoms with Gasteiger partial charge in [0.25, 0.3) is 0 Å². The second-order valence-corrected chi connectivity index (χ2v) is 6.00. The van der Waals surface area contributed by atoms with Crippen molar-refractivity contribution in [3.05, 3.63) is 12.2 Å². The third-order valence-electron chi connectivity index (χ3n) is 3.67. The molecule has 128 valence electrons. The maximum Gasteiger partial charge on any atom is 0.302 e. The van der Waals surface area contributed by atoms with Gasteiger partial charge in [-0.1, -0.05) is 58.4 Å². The average Bonchev–Trinajstić information content (AvgIpc) is 2.46. The maximum atomic E-state index is 11.9. The molecule has 0 saturated heterocycles. The Morgan fingerprint density at radius 1 is 0.955 bits per heavy atom. The molecule has 1 unspecified atom stereocenters. The summed E-state index contributed by atoms with van der Waals surface area (Å²) in [5.74, 6) is -0.228. The van der Waals surface area contributed by atoms with Crippen molar-refractivity contribution >= 4 is 11.8 Å². The lowest BCUT2D eigenvalue weighted by Gasteiger charge is -2.15. The van der Waals surface area contributed by atoms with Gasteiger partial charge in [-0.3, -0.25) is 9.59 Å². The molecule has 0 amide bonds. The quantitative estimate of drug-likeness (QED) is 0.246. The molecule has 0 bridgehead atoms. The van der Waals surface area contributed by atoms with Gasteiger partial charge in [-0.05, 0) is 31.8 Å². The van der Waals surface area contributed by atoms with Crippen LogP contribution in [-0.2, 0) is 14.3 Å². The van der Waals surface area contributed by atoms with Gasteiger partial charge in [0.15, 0.2) is 5.78 Å². The SMILES string of the molecule is CCCCCC/C=C/C(=O)CC(CCCCCC)OC(C)=O. The number of hydrogen-bond donors (Lipinski definition) is 0. The lowest BCUT2D eigenvalue weighted by molar-refractivity contribution is -0.147. The topological polar surface area (TPSA) is 43.4 Å². The van der Waals surface area contributed by atoms with Crippen LogP contribution >= 0.6 is 0 Å². The molecule has 0 radical (unpaired) electrons. The van der Waals surface area contributed by atoms with Gasteiger partial charge in [-0.2, -0.15) is 0 Å². The molecule has 0 aromatic rings. The van der Waals surface area contributed by atoms with Crippen LogP contribution in [0.3, 0.4) is 0 Å². The molecule has 0 rings (SSSR count). The van der Waals surface area contributed by atoms with Gasteiger partial charge in [0.1, 0.15) is 6.10 Å². The van der Waals surface area contributed by atoms with E-state index in [4.69, 9.17) is 4.74 Å². The maximum absolute atomic E-state index is 11.9. The van der Waals surface area contributed by atoms with Gasteiger partial charge in [0, 0.05) is 13.3 Å². The average molecular weight is 310 g/mol. The standard InChI is InChI=1S/C19H34O3/c1-4-6-8-10-11-12-14-18(21)16-19(22-17(3)20)15-13-9-7-5-2/h12,14,19H,4-11,13,15-16H2,1-3H3/b14-12+. The number of hydrogen-bond acceptors (Lipinski definition) is 3. The van der Waals surface area contributed by atoms with Crippen molar-refractivity contribution in [1.29, 1.82) is 0 Å². The zero-order chi connectivity index (χ0) is 16.6. The number of carbonyl (C=O) groups excluding carboxylic acids is 2. The van der Waals surface area contributed by atoms with Crippen LogP contribution in [0.4, 0.5) is 0 Å². The molecular formula is C19H34O3. The first-order chi connectivity index (χ1) is 10.6. The Hall–Kier alpha value is -1.12. The summed E-state index contributed by atoms with van der Waals surface area (Å²) >= 11 is 0. The van der Waals surface area contributed by atoms with Crippen LogP contribution in [0, 0.1) is 0 Å². The Labute approximate surface area is 136 Å². The highest BCUT2D eigenvalue weighted by molar-refractivity contribution is 5.90. The molecule has 0 aliphatic heterocycles. The summed E-state index contributed by atoms with van der Waals surface area (Å²) in [4.78, 5) is 23.1. The first-order valence-electron chi connectivity index (χ1n) is 8.96. The normalized spacial score (nSPS) is 12.5. The van der Waals surface area contributed by atoms with E-state index in [1.165, 1.54) is 39.0 Å². The van der Waals surface area contributed by atoms with Crippen LogP contribution < -0.4 is 0 Å². The summed E-state index contributed by atoms with van der Waals surface area (Å²) in [5.41, 5.74) is 0. The van der Waals surface area contributed by atoms with E-state index in [0.717, 1.165) is 32.1 Å². The second kappa shape index (κ2) is 14.8. The van der Waals surface area contributed by atoms with E-state index in [0.29, 0.717) is 6.42 Å². The van der Waals surface area contributed by atoms with Gasteiger partial charge in [-0.25, -0.2) is 0 Å². The van der Waals surface area contributed by atoms with Gasteiger partial charge < -0.3 is 4.74 Å². The summed E-state index contributed by atoms with van der Waals surface area (Å²) < 4.78 is 5.27. The molecule has 0 aliphatic rings. The van der Waals surface area contributed by atoms with Crippen LogP contribution in [0.25, 0.3) is 0 Å². The smallest absolute Gasteiger partial charge is 0.302 e. The fourth-order valence-corrected chi connectivity index (χ4v) is 2.43. The van der Waals surface area contributed by atoms with Crippen LogP contribution in [0.1, 0.15) is 91.4 Å². The van der Waals surface area contributed by atoms with E-state index >= 15 is 0 Å². The molecule has 0 aromatic heterocycles. The zero-order valence-corrected chi connectivity index (χ0v) is 14.7. The van der Waals surface area contributed by atoms with Crippen molar-refractivity contribution in [1.82, 2.24) is 0 Å². The van der Waals surface area contributed by atoms with E-state index in [9.17, 15) is 9.59 Å². The van der Waals surface area contributed by atoms with E-state index in [1.54, 1.807) is 6.08 Å². The van der Waals surface area contributed by atoms with Crippen LogP contribution in [0.2, 0.25) is 0 Å². The summed E-state index contributed by atoms with van der Waals surface area (Å²) in [6, 6.07) is 0. The van der Waals surface area contributed by atoms with Crippen molar-refractivity contribution in [3.8, 4) is 0 Å². The summed E-state index contributed by atoms with van der Waals surface area (Å²) in [7, 11) is 0. The number of ketones is 1. The largest absolute Gasteiger partial charge is 0.462 e. The molecule has 0 saturated carbocycles. The van der Waals surface area contributed by atoms with Crippen molar-refractivity contribution in [2.75, 3.05) is 0 Å². The minimum atomic E-state index is -0.295. The molecule has 3 nitrogen and oxygen atoms in total. The fourth-order valence-electron chi connectivity index (χ4n) is 2.43. The first kappa shape index (κ1) is 20.9. The van der Waals surface area contributed by atoms with Crippen molar-refractivity contribution in [2.24, 2.45) is 0 Å². The van der Waals surface area contributed by atoms with E-state index in [2.05, 4.69) is 13.8 Å². The van der Waals surface area contributed by atoms with Crippen molar-refractivity contribution in [3.63, 3.8) is 0 Å². The lowest BCUT2D eigenvalue weighted by atomic mass is 10.0. The van der Waals surface area contributed by atoms with E-state index < -0.39 is 0 Å². The zero-order valence-electron chi connectivity index (χ0n) is 14.7. The molecule has 3 heteroatoms. The highest BCUT2D eigenvalue weighted by Gasteiger charge is 2.15. The van der Waals surface area contributed by atoms with E-state index in [-0.39, 0.29) is 17.9 Å². The fraction of sp³-hybridized carbons (Fsp3) is 0.789.